The number of amides is 2. The van der Waals surface area contributed by atoms with E-state index in [9.17, 15) is 35.6 Å². The van der Waals surface area contributed by atoms with Gasteiger partial charge in [0.2, 0.25) is 10.0 Å². The van der Waals surface area contributed by atoms with Crippen molar-refractivity contribution in [2.24, 2.45) is 16.8 Å². The molecule has 1 spiro atoms. The first-order valence-electron chi connectivity index (χ1n) is 16.2. The van der Waals surface area contributed by atoms with Crippen molar-refractivity contribution < 1.29 is 40.3 Å². The fraction of sp³-hybridized carbons (Fsp3) is 0.667. The van der Waals surface area contributed by atoms with Gasteiger partial charge in [-0.05, 0) is 120 Å². The fourth-order valence-electron chi connectivity index (χ4n) is 6.62. The van der Waals surface area contributed by atoms with Gasteiger partial charge in [0.15, 0.2) is 0 Å². The molecule has 1 saturated heterocycles. The van der Waals surface area contributed by atoms with Gasteiger partial charge in [-0.1, -0.05) is 0 Å². The molecule has 47 heavy (non-hydrogen) atoms. The van der Waals surface area contributed by atoms with Gasteiger partial charge >= 0.3 is 12.3 Å². The fourth-order valence-corrected chi connectivity index (χ4v) is 7.79. The summed E-state index contributed by atoms with van der Waals surface area (Å²) in [5, 5.41) is 4.03. The largest absolute Gasteiger partial charge is 0.443 e. The van der Waals surface area contributed by atoms with E-state index in [1.54, 1.807) is 46.8 Å². The van der Waals surface area contributed by atoms with E-state index in [4.69, 9.17) is 9.73 Å². The summed E-state index contributed by atoms with van der Waals surface area (Å²) in [5.74, 6) is 0.321. The standard InChI is InChI=1S/C33H46F4N4O5S/c1-22-20-26(41(18-15-34)30(43)46-31(3,4)5)21-23(2)27(22)11-19-47(44,45)40-16-13-32(14-17-40)29(42)38-28(39-32)25-8-6-24(7-9-25)10-12-33(35,36)37/h11,19-21,24-25H,6-10,12-18H2,1-5H3,(H,38,39,42)/b19-11+. The van der Waals surface area contributed by atoms with Crippen LogP contribution >= 0.6 is 0 Å². The first-order chi connectivity index (χ1) is 21.8. The van der Waals surface area contributed by atoms with Crippen LogP contribution in [0.5, 0.6) is 0 Å². The van der Waals surface area contributed by atoms with Gasteiger partial charge in [0.1, 0.15) is 23.7 Å². The van der Waals surface area contributed by atoms with Crippen LogP contribution in [0.4, 0.5) is 28.0 Å². The van der Waals surface area contributed by atoms with Gasteiger partial charge in [-0.25, -0.2) is 17.6 Å². The number of hydrogen-bond donors (Lipinski definition) is 1. The molecule has 0 radical (unpaired) electrons. The second-order valence-corrected chi connectivity index (χ2v) is 15.7. The molecule has 9 nitrogen and oxygen atoms in total. The summed E-state index contributed by atoms with van der Waals surface area (Å²) < 4.78 is 84.6. The number of nitrogens with one attached hydrogen (secondary N) is 1. The zero-order valence-corrected chi connectivity index (χ0v) is 28.6. The van der Waals surface area contributed by atoms with E-state index < -0.39 is 46.5 Å². The van der Waals surface area contributed by atoms with Crippen LogP contribution in [-0.4, -0.2) is 74.2 Å². The highest BCUT2D eigenvalue weighted by Crippen LogP contribution is 2.38. The van der Waals surface area contributed by atoms with Crippen LogP contribution < -0.4 is 10.2 Å². The molecule has 1 aromatic rings. The van der Waals surface area contributed by atoms with Crippen molar-refractivity contribution in [1.29, 1.82) is 0 Å². The van der Waals surface area contributed by atoms with E-state index in [-0.39, 0.29) is 56.6 Å². The van der Waals surface area contributed by atoms with Crippen molar-refractivity contribution in [3.8, 4) is 0 Å². The van der Waals surface area contributed by atoms with E-state index >= 15 is 0 Å². The number of ether oxygens (including phenoxy) is 1. The average Bonchev–Trinajstić information content (AvgIpc) is 3.28. The first-order valence-corrected chi connectivity index (χ1v) is 17.7. The lowest BCUT2D eigenvalue weighted by Crippen LogP contribution is -2.50. The molecule has 0 atom stereocenters. The molecule has 0 aromatic heterocycles. The van der Waals surface area contributed by atoms with Crippen LogP contribution in [0.3, 0.4) is 0 Å². The Hall–Kier alpha value is -3.00. The van der Waals surface area contributed by atoms with E-state index in [0.717, 1.165) is 5.41 Å². The average molecular weight is 687 g/mol. The van der Waals surface area contributed by atoms with Crippen molar-refractivity contribution in [3.05, 3.63) is 34.2 Å². The molecule has 1 saturated carbocycles. The molecule has 14 heteroatoms. The van der Waals surface area contributed by atoms with Crippen LogP contribution in [-0.2, 0) is 19.6 Å². The van der Waals surface area contributed by atoms with Crippen molar-refractivity contribution >= 4 is 39.6 Å². The molecule has 2 amide bonds. The van der Waals surface area contributed by atoms with Gasteiger partial charge in [0.25, 0.3) is 5.91 Å². The molecule has 262 valence electrons. The van der Waals surface area contributed by atoms with Crippen molar-refractivity contribution in [2.45, 2.75) is 103 Å². The maximum Gasteiger partial charge on any atom is 0.414 e. The highest BCUT2D eigenvalue weighted by atomic mass is 32.2. The maximum atomic E-state index is 13.3. The summed E-state index contributed by atoms with van der Waals surface area (Å²) in [6.07, 6.45) is -0.906. The van der Waals surface area contributed by atoms with Crippen LogP contribution in [0.15, 0.2) is 22.5 Å². The molecular weight excluding hydrogens is 640 g/mol. The molecule has 2 fully saturated rings. The third kappa shape index (κ3) is 9.33. The second kappa shape index (κ2) is 14.2. The molecule has 2 heterocycles. The molecule has 2 aliphatic heterocycles. The number of halogens is 4. The summed E-state index contributed by atoms with van der Waals surface area (Å²) in [4.78, 5) is 31.8. The number of nitrogens with zero attached hydrogens (tertiary/aromatic N) is 3. The highest BCUT2D eigenvalue weighted by Gasteiger charge is 2.48. The molecule has 1 aliphatic carbocycles. The number of carbonyl (C=O) groups excluding carboxylic acids is 2. The predicted molar refractivity (Wildman–Crippen MR) is 173 cm³/mol. The summed E-state index contributed by atoms with van der Waals surface area (Å²) in [6.45, 7) is 7.97. The van der Waals surface area contributed by atoms with Crippen LogP contribution in [0.1, 0.15) is 88.8 Å². The minimum atomic E-state index is -4.15. The number of sulfonamides is 1. The topological polar surface area (TPSA) is 108 Å². The number of hydrogen-bond acceptors (Lipinski definition) is 6. The minimum absolute atomic E-state index is 0.0137. The number of piperidine rings is 1. The Morgan fingerprint density at radius 2 is 1.70 bits per heavy atom. The van der Waals surface area contributed by atoms with Crippen LogP contribution in [0, 0.1) is 25.7 Å². The minimum Gasteiger partial charge on any atom is -0.443 e. The summed E-state index contributed by atoms with van der Waals surface area (Å²) in [7, 11) is -3.85. The van der Waals surface area contributed by atoms with Crippen LogP contribution in [0.2, 0.25) is 0 Å². The molecule has 0 unspecified atom stereocenters. The van der Waals surface area contributed by atoms with Crippen LogP contribution in [0.25, 0.3) is 6.08 Å². The first kappa shape index (κ1) is 36.8. The lowest BCUT2D eigenvalue weighted by molar-refractivity contribution is -0.138. The second-order valence-electron chi connectivity index (χ2n) is 13.9. The quantitative estimate of drug-likeness (QED) is 0.287. The highest BCUT2D eigenvalue weighted by molar-refractivity contribution is 7.92. The third-order valence-electron chi connectivity index (χ3n) is 9.20. The Morgan fingerprint density at radius 3 is 2.23 bits per heavy atom. The monoisotopic (exact) mass is 686 g/mol. The van der Waals surface area contributed by atoms with Gasteiger partial charge in [0, 0.05) is 36.5 Å². The summed E-state index contributed by atoms with van der Waals surface area (Å²) in [6, 6.07) is 3.37. The van der Waals surface area contributed by atoms with Crippen molar-refractivity contribution in [1.82, 2.24) is 9.62 Å². The lowest BCUT2D eigenvalue weighted by Gasteiger charge is -2.34. The number of amidine groups is 1. The molecule has 1 aromatic carbocycles. The number of aryl methyl sites for hydroxylation is 2. The van der Waals surface area contributed by atoms with Gasteiger partial charge in [-0.2, -0.15) is 17.5 Å². The Balaban J connectivity index is 1.39. The SMILES string of the molecule is Cc1cc(N(CCF)C(=O)OC(C)(C)C)cc(C)c1/C=C/S(=O)(=O)N1CCC2(CC1)N=C(C1CCC(CCC(F)(F)F)CC1)NC2=O. The number of benzene rings is 1. The predicted octanol–water partition coefficient (Wildman–Crippen LogP) is 6.83. The van der Waals surface area contributed by atoms with E-state index in [1.807, 2.05) is 0 Å². The van der Waals surface area contributed by atoms with Gasteiger partial charge in [-0.3, -0.25) is 14.7 Å². The Morgan fingerprint density at radius 1 is 1.11 bits per heavy atom. The molecule has 0 bridgehead atoms. The van der Waals surface area contributed by atoms with Gasteiger partial charge in [-0.15, -0.1) is 0 Å². The Kier molecular flexibility index (Phi) is 11.2. The molecular formula is C33H46F4N4O5S. The number of rotatable bonds is 9. The molecule has 1 N–H and O–H groups in total. The number of aliphatic imine (C=N–C) groups is 1. The van der Waals surface area contributed by atoms with E-state index in [2.05, 4.69) is 5.32 Å². The van der Waals surface area contributed by atoms with E-state index in [0.29, 0.717) is 53.9 Å². The van der Waals surface area contributed by atoms with Gasteiger partial charge < -0.3 is 10.1 Å². The Labute approximate surface area is 274 Å². The Bertz CT molecular complexity index is 1460. The smallest absolute Gasteiger partial charge is 0.414 e. The number of alkyl halides is 4. The summed E-state index contributed by atoms with van der Waals surface area (Å²) in [5.41, 5.74) is 0.665. The number of carbonyl (C=O) groups is 2. The van der Waals surface area contributed by atoms with E-state index in [1.165, 1.54) is 15.3 Å². The summed E-state index contributed by atoms with van der Waals surface area (Å²) >= 11 is 0. The van der Waals surface area contributed by atoms with Gasteiger partial charge in [0.05, 0.1) is 6.54 Å². The normalized spacial score (nSPS) is 22.4. The zero-order chi connectivity index (χ0) is 34.8. The molecule has 3 aliphatic rings. The maximum absolute atomic E-state index is 13.3. The molecule has 4 rings (SSSR count). The van der Waals surface area contributed by atoms with Crippen molar-refractivity contribution in [2.75, 3.05) is 31.2 Å². The third-order valence-corrected chi connectivity index (χ3v) is 10.8. The zero-order valence-electron chi connectivity index (χ0n) is 27.8. The number of anilines is 1. The van der Waals surface area contributed by atoms with Crippen molar-refractivity contribution in [3.63, 3.8) is 0 Å². The lowest BCUT2D eigenvalue weighted by atomic mass is 9.79.